The maximum atomic E-state index is 6.07. The Kier molecular flexibility index (Phi) is 6.43. The molecule has 0 saturated carbocycles. The fourth-order valence-corrected chi connectivity index (χ4v) is 6.17. The number of aryl methyl sites for hydroxylation is 2. The molecule has 190 valence electrons. The highest BCUT2D eigenvalue weighted by molar-refractivity contribution is 7.80. The molecular weight excluding hydrogens is 510 g/mol. The molecule has 1 fully saturated rings. The van der Waals surface area contributed by atoms with E-state index in [9.17, 15) is 0 Å². The van der Waals surface area contributed by atoms with E-state index in [-0.39, 0.29) is 12.1 Å². The number of rotatable bonds is 6. The van der Waals surface area contributed by atoms with Gasteiger partial charge in [-0.3, -0.25) is 9.55 Å². The summed E-state index contributed by atoms with van der Waals surface area (Å²) in [7, 11) is 0. The van der Waals surface area contributed by atoms with E-state index >= 15 is 0 Å². The highest BCUT2D eigenvalue weighted by Crippen LogP contribution is 2.44. The van der Waals surface area contributed by atoms with Crippen molar-refractivity contribution in [2.24, 2.45) is 0 Å². The van der Waals surface area contributed by atoms with Crippen molar-refractivity contribution in [1.29, 1.82) is 0 Å². The van der Waals surface area contributed by atoms with Gasteiger partial charge in [-0.25, -0.2) is 4.98 Å². The Balaban J connectivity index is 1.39. The zero-order valence-corrected chi connectivity index (χ0v) is 23.0. The maximum Gasteiger partial charge on any atom is 0.193 e. The highest BCUT2D eigenvalue weighted by Gasteiger charge is 2.42. The Bertz CT molecular complexity index is 1560. The van der Waals surface area contributed by atoms with Gasteiger partial charge < -0.3 is 15.0 Å². The van der Waals surface area contributed by atoms with Crippen LogP contribution in [0, 0.1) is 20.8 Å². The van der Waals surface area contributed by atoms with Gasteiger partial charge in [-0.15, -0.1) is 11.3 Å². The number of anilines is 1. The third-order valence-corrected chi connectivity index (χ3v) is 7.94. The third kappa shape index (κ3) is 4.46. The van der Waals surface area contributed by atoms with Gasteiger partial charge in [-0.05, 0) is 93.1 Å². The lowest BCUT2D eigenvalue weighted by molar-refractivity contribution is 0.482. The first-order valence-electron chi connectivity index (χ1n) is 12.4. The number of ether oxygens (including phenoxy) is 1. The van der Waals surface area contributed by atoms with Gasteiger partial charge in [-0.1, -0.05) is 23.8 Å². The van der Waals surface area contributed by atoms with Gasteiger partial charge in [0.15, 0.2) is 10.2 Å². The number of aromatic nitrogens is 3. The molecule has 38 heavy (non-hydrogen) atoms. The molecule has 0 spiro atoms. The number of benzene rings is 2. The van der Waals surface area contributed by atoms with Gasteiger partial charge in [0.25, 0.3) is 0 Å². The average molecular weight is 538 g/mol. The van der Waals surface area contributed by atoms with Gasteiger partial charge in [0, 0.05) is 34.8 Å². The predicted octanol–water partition coefficient (Wildman–Crippen LogP) is 7.22. The molecule has 3 aromatic heterocycles. The Morgan fingerprint density at radius 1 is 0.895 bits per heavy atom. The highest BCUT2D eigenvalue weighted by atomic mass is 32.1. The lowest BCUT2D eigenvalue weighted by Crippen LogP contribution is -2.29. The molecule has 0 bridgehead atoms. The number of thiocarbonyl (C=S) groups is 1. The number of thiazole rings is 1. The summed E-state index contributed by atoms with van der Waals surface area (Å²) in [5, 5.41) is 7.18. The van der Waals surface area contributed by atoms with Crippen LogP contribution < -0.4 is 15.0 Å². The summed E-state index contributed by atoms with van der Waals surface area (Å²) >= 11 is 7.56. The second-order valence-corrected chi connectivity index (χ2v) is 10.6. The molecule has 6 rings (SSSR count). The molecule has 0 radical (unpaired) electrons. The van der Waals surface area contributed by atoms with Crippen LogP contribution in [0.4, 0.5) is 5.69 Å². The zero-order chi connectivity index (χ0) is 26.2. The second kappa shape index (κ2) is 10.0. The Morgan fingerprint density at radius 3 is 2.29 bits per heavy atom. The molecule has 6 nitrogen and oxygen atoms in total. The number of hydrogen-bond donors (Lipinski definition) is 1. The fourth-order valence-electron chi connectivity index (χ4n) is 5.07. The Morgan fingerprint density at radius 2 is 1.63 bits per heavy atom. The zero-order valence-electron chi connectivity index (χ0n) is 21.3. The van der Waals surface area contributed by atoms with Crippen LogP contribution in [0.25, 0.3) is 5.13 Å². The van der Waals surface area contributed by atoms with E-state index in [0.717, 1.165) is 39.4 Å². The first kappa shape index (κ1) is 24.3. The van der Waals surface area contributed by atoms with Crippen LogP contribution in [-0.4, -0.2) is 19.6 Å². The number of pyridine rings is 1. The molecule has 1 saturated heterocycles. The summed E-state index contributed by atoms with van der Waals surface area (Å²) in [5.74, 6) is 1.58. The average Bonchev–Trinajstić information content (AvgIpc) is 3.64. The van der Waals surface area contributed by atoms with E-state index in [2.05, 4.69) is 69.8 Å². The van der Waals surface area contributed by atoms with Crippen LogP contribution in [-0.2, 0) is 0 Å². The summed E-state index contributed by atoms with van der Waals surface area (Å²) in [4.78, 5) is 11.4. The van der Waals surface area contributed by atoms with E-state index in [0.29, 0.717) is 5.11 Å². The summed E-state index contributed by atoms with van der Waals surface area (Å²) in [6.07, 6.45) is 3.67. The molecular formula is C30H27N5OS2. The van der Waals surface area contributed by atoms with Crippen LogP contribution in [0.1, 0.15) is 40.3 Å². The van der Waals surface area contributed by atoms with Gasteiger partial charge >= 0.3 is 0 Å². The van der Waals surface area contributed by atoms with Crippen LogP contribution >= 0.6 is 23.6 Å². The maximum absolute atomic E-state index is 6.07. The smallest absolute Gasteiger partial charge is 0.193 e. The minimum atomic E-state index is -0.113. The van der Waals surface area contributed by atoms with E-state index in [1.165, 1.54) is 11.1 Å². The SMILES string of the molecule is Cc1ccc(Oc2ccc(N3C(=S)N[C@@H](c4ccccn4)[C@H]3c3cc(C)n(-c4nccs4)c3C)cc2)cc1. The summed E-state index contributed by atoms with van der Waals surface area (Å²) in [6, 6.07) is 24.2. The largest absolute Gasteiger partial charge is 0.457 e. The summed E-state index contributed by atoms with van der Waals surface area (Å²) < 4.78 is 8.29. The molecule has 8 heteroatoms. The molecule has 2 atom stereocenters. The van der Waals surface area contributed by atoms with Gasteiger partial charge in [0.05, 0.1) is 17.8 Å². The Hall–Kier alpha value is -4.01. The first-order chi connectivity index (χ1) is 18.5. The predicted molar refractivity (Wildman–Crippen MR) is 157 cm³/mol. The van der Waals surface area contributed by atoms with Gasteiger partial charge in [0.1, 0.15) is 11.5 Å². The molecule has 5 aromatic rings. The third-order valence-electron chi connectivity index (χ3n) is 6.87. The lowest BCUT2D eigenvalue weighted by Gasteiger charge is -2.28. The minimum Gasteiger partial charge on any atom is -0.457 e. The van der Waals surface area contributed by atoms with Crippen molar-refractivity contribution in [2.45, 2.75) is 32.9 Å². The van der Waals surface area contributed by atoms with Gasteiger partial charge in [-0.2, -0.15) is 0 Å². The van der Waals surface area contributed by atoms with Crippen molar-refractivity contribution in [3.05, 3.63) is 119 Å². The Labute approximate surface area is 231 Å². The normalized spacial score (nSPS) is 17.0. The van der Waals surface area contributed by atoms with Crippen molar-refractivity contribution in [1.82, 2.24) is 19.9 Å². The molecule has 0 aliphatic carbocycles. The molecule has 0 unspecified atom stereocenters. The summed E-state index contributed by atoms with van der Waals surface area (Å²) in [5.41, 5.74) is 6.58. The number of hydrogen-bond acceptors (Lipinski definition) is 5. The first-order valence-corrected chi connectivity index (χ1v) is 13.7. The van der Waals surface area contributed by atoms with E-state index in [1.54, 1.807) is 11.3 Å². The molecule has 0 amide bonds. The van der Waals surface area contributed by atoms with Crippen molar-refractivity contribution < 1.29 is 4.74 Å². The molecule has 2 aromatic carbocycles. The molecule has 1 N–H and O–H groups in total. The standard InChI is InChI=1S/C30H27N5OS2/c1-19-7-11-23(12-8-19)36-24-13-9-22(10-14-24)35-28(27(33-29(35)37)26-6-4-5-15-31-26)25-18-20(2)34(21(25)3)30-32-16-17-38-30/h4-18,27-28H,1-3H3,(H,33,37)/t27-,28+/m0/s1. The van der Waals surface area contributed by atoms with E-state index < -0.39 is 0 Å². The quantitative estimate of drug-likeness (QED) is 0.231. The lowest BCUT2D eigenvalue weighted by atomic mass is 9.96. The van der Waals surface area contributed by atoms with Crippen LogP contribution in [0.5, 0.6) is 11.5 Å². The minimum absolute atomic E-state index is 0.0961. The fraction of sp³-hybridized carbons (Fsp3) is 0.167. The number of nitrogens with zero attached hydrogens (tertiary/aromatic N) is 4. The van der Waals surface area contributed by atoms with Crippen LogP contribution in [0.15, 0.2) is 90.6 Å². The molecule has 4 heterocycles. The van der Waals surface area contributed by atoms with Crippen molar-refractivity contribution in [3.8, 4) is 16.6 Å². The second-order valence-electron chi connectivity index (χ2n) is 9.38. The van der Waals surface area contributed by atoms with Crippen LogP contribution in [0.2, 0.25) is 0 Å². The summed E-state index contributed by atoms with van der Waals surface area (Å²) in [6.45, 7) is 6.34. The van der Waals surface area contributed by atoms with Crippen molar-refractivity contribution in [3.63, 3.8) is 0 Å². The van der Waals surface area contributed by atoms with Crippen molar-refractivity contribution in [2.75, 3.05) is 4.90 Å². The monoisotopic (exact) mass is 537 g/mol. The molecule has 1 aliphatic heterocycles. The van der Waals surface area contributed by atoms with Crippen LogP contribution in [0.3, 0.4) is 0 Å². The van der Waals surface area contributed by atoms with Gasteiger partial charge in [0.2, 0.25) is 0 Å². The number of nitrogens with one attached hydrogen (secondary N) is 1. The molecule has 1 aliphatic rings. The van der Waals surface area contributed by atoms with E-state index in [4.69, 9.17) is 17.0 Å². The topological polar surface area (TPSA) is 55.2 Å². The van der Waals surface area contributed by atoms with E-state index in [1.807, 2.05) is 66.3 Å². The van der Waals surface area contributed by atoms with Crippen molar-refractivity contribution >= 4 is 34.4 Å².